The SMILES string of the molecule is CCN(C(=O)C1CC1)c1ccc(C(=O)O)cc1N. The number of hydrogen-bond acceptors (Lipinski definition) is 3. The highest BCUT2D eigenvalue weighted by Gasteiger charge is 2.34. The molecule has 0 spiro atoms. The Labute approximate surface area is 105 Å². The number of anilines is 2. The summed E-state index contributed by atoms with van der Waals surface area (Å²) in [6, 6.07) is 4.46. The zero-order valence-corrected chi connectivity index (χ0v) is 10.2. The highest BCUT2D eigenvalue weighted by Crippen LogP contribution is 2.34. The molecule has 3 N–H and O–H groups in total. The van der Waals surface area contributed by atoms with Gasteiger partial charge in [-0.15, -0.1) is 0 Å². The molecule has 1 fully saturated rings. The summed E-state index contributed by atoms with van der Waals surface area (Å²) in [5.74, 6) is -0.833. The van der Waals surface area contributed by atoms with Crippen LogP contribution in [0.1, 0.15) is 30.1 Å². The van der Waals surface area contributed by atoms with E-state index in [-0.39, 0.29) is 17.4 Å². The van der Waals surface area contributed by atoms with E-state index in [9.17, 15) is 9.59 Å². The lowest BCUT2D eigenvalue weighted by atomic mass is 10.1. The number of aromatic carboxylic acids is 1. The van der Waals surface area contributed by atoms with E-state index in [1.54, 1.807) is 11.0 Å². The van der Waals surface area contributed by atoms with Crippen LogP contribution in [0.2, 0.25) is 0 Å². The summed E-state index contributed by atoms with van der Waals surface area (Å²) < 4.78 is 0. The van der Waals surface area contributed by atoms with E-state index in [0.717, 1.165) is 12.8 Å². The minimum Gasteiger partial charge on any atom is -0.478 e. The molecule has 0 bridgehead atoms. The third kappa shape index (κ3) is 2.30. The van der Waals surface area contributed by atoms with Crippen molar-refractivity contribution in [2.45, 2.75) is 19.8 Å². The van der Waals surface area contributed by atoms with Gasteiger partial charge in [-0.25, -0.2) is 4.79 Å². The zero-order valence-electron chi connectivity index (χ0n) is 10.2. The van der Waals surface area contributed by atoms with Crippen molar-refractivity contribution in [2.75, 3.05) is 17.2 Å². The maximum absolute atomic E-state index is 12.1. The molecule has 0 saturated heterocycles. The molecule has 5 nitrogen and oxygen atoms in total. The molecular weight excluding hydrogens is 232 g/mol. The number of amides is 1. The Morgan fingerprint density at radius 2 is 2.11 bits per heavy atom. The van der Waals surface area contributed by atoms with Gasteiger partial charge in [0.05, 0.1) is 16.9 Å². The standard InChI is InChI=1S/C13H16N2O3/c1-2-15(12(16)8-3-4-8)11-6-5-9(13(17)18)7-10(11)14/h5-8H,2-4,14H2,1H3,(H,17,18). The van der Waals surface area contributed by atoms with Gasteiger partial charge in [-0.3, -0.25) is 4.79 Å². The van der Waals surface area contributed by atoms with Crippen LogP contribution >= 0.6 is 0 Å². The molecule has 0 aliphatic heterocycles. The van der Waals surface area contributed by atoms with E-state index < -0.39 is 5.97 Å². The molecule has 1 aromatic rings. The average Bonchev–Trinajstić information content (AvgIpc) is 3.15. The Morgan fingerprint density at radius 3 is 2.56 bits per heavy atom. The van der Waals surface area contributed by atoms with E-state index in [1.165, 1.54) is 12.1 Å². The monoisotopic (exact) mass is 248 g/mol. The van der Waals surface area contributed by atoms with E-state index in [0.29, 0.717) is 17.9 Å². The van der Waals surface area contributed by atoms with Gasteiger partial charge in [0.15, 0.2) is 0 Å². The van der Waals surface area contributed by atoms with Crippen LogP contribution in [0.4, 0.5) is 11.4 Å². The van der Waals surface area contributed by atoms with Gasteiger partial charge in [0, 0.05) is 12.5 Å². The third-order valence-electron chi connectivity index (χ3n) is 3.07. The van der Waals surface area contributed by atoms with Crippen molar-refractivity contribution in [3.63, 3.8) is 0 Å². The molecule has 2 rings (SSSR count). The van der Waals surface area contributed by atoms with Crippen LogP contribution in [-0.4, -0.2) is 23.5 Å². The van der Waals surface area contributed by atoms with Gasteiger partial charge in [-0.1, -0.05) is 0 Å². The topological polar surface area (TPSA) is 83.6 Å². The van der Waals surface area contributed by atoms with Crippen LogP contribution in [0.15, 0.2) is 18.2 Å². The van der Waals surface area contributed by atoms with Crippen molar-refractivity contribution in [1.29, 1.82) is 0 Å². The van der Waals surface area contributed by atoms with Gasteiger partial charge in [-0.05, 0) is 38.0 Å². The van der Waals surface area contributed by atoms with E-state index >= 15 is 0 Å². The molecule has 1 saturated carbocycles. The first-order valence-corrected chi connectivity index (χ1v) is 5.98. The summed E-state index contributed by atoms with van der Waals surface area (Å²) in [7, 11) is 0. The summed E-state index contributed by atoms with van der Waals surface area (Å²) in [6.07, 6.45) is 1.87. The van der Waals surface area contributed by atoms with Crippen molar-refractivity contribution in [1.82, 2.24) is 0 Å². The Bertz CT molecular complexity index is 495. The Morgan fingerprint density at radius 1 is 1.44 bits per heavy atom. The number of benzene rings is 1. The Hall–Kier alpha value is -2.04. The maximum atomic E-state index is 12.1. The minimum atomic E-state index is -1.02. The van der Waals surface area contributed by atoms with Gasteiger partial charge in [0.2, 0.25) is 5.91 Å². The maximum Gasteiger partial charge on any atom is 0.335 e. The fourth-order valence-electron chi connectivity index (χ4n) is 1.93. The molecular formula is C13H16N2O3. The van der Waals surface area contributed by atoms with Gasteiger partial charge in [-0.2, -0.15) is 0 Å². The molecule has 0 radical (unpaired) electrons. The molecule has 0 atom stereocenters. The molecule has 1 aromatic carbocycles. The zero-order chi connectivity index (χ0) is 13.3. The van der Waals surface area contributed by atoms with Crippen molar-refractivity contribution < 1.29 is 14.7 Å². The van der Waals surface area contributed by atoms with E-state index in [4.69, 9.17) is 10.8 Å². The summed E-state index contributed by atoms with van der Waals surface area (Å²) in [4.78, 5) is 24.5. The van der Waals surface area contributed by atoms with Crippen LogP contribution < -0.4 is 10.6 Å². The second-order valence-corrected chi connectivity index (χ2v) is 4.44. The van der Waals surface area contributed by atoms with Gasteiger partial charge >= 0.3 is 5.97 Å². The van der Waals surface area contributed by atoms with Crippen molar-refractivity contribution in [3.8, 4) is 0 Å². The van der Waals surface area contributed by atoms with Gasteiger partial charge in [0.1, 0.15) is 0 Å². The molecule has 1 aliphatic rings. The Balaban J connectivity index is 2.30. The first kappa shape index (κ1) is 12.4. The normalized spacial score (nSPS) is 14.3. The molecule has 5 heteroatoms. The van der Waals surface area contributed by atoms with E-state index in [1.807, 2.05) is 6.92 Å². The van der Waals surface area contributed by atoms with Crippen LogP contribution in [0, 0.1) is 5.92 Å². The van der Waals surface area contributed by atoms with Gasteiger partial charge in [0.25, 0.3) is 0 Å². The number of nitrogen functional groups attached to an aromatic ring is 1. The number of nitrogens with two attached hydrogens (primary N) is 1. The summed E-state index contributed by atoms with van der Waals surface area (Å²) in [6.45, 7) is 2.41. The number of hydrogen-bond donors (Lipinski definition) is 2. The molecule has 18 heavy (non-hydrogen) atoms. The first-order chi connectivity index (χ1) is 8.54. The largest absolute Gasteiger partial charge is 0.478 e. The smallest absolute Gasteiger partial charge is 0.335 e. The number of nitrogens with zero attached hydrogens (tertiary/aromatic N) is 1. The van der Waals surface area contributed by atoms with E-state index in [2.05, 4.69) is 0 Å². The molecule has 0 heterocycles. The second-order valence-electron chi connectivity index (χ2n) is 4.44. The number of rotatable bonds is 4. The number of carbonyl (C=O) groups is 2. The lowest BCUT2D eigenvalue weighted by Crippen LogP contribution is -2.32. The minimum absolute atomic E-state index is 0.0762. The number of carbonyl (C=O) groups excluding carboxylic acids is 1. The lowest BCUT2D eigenvalue weighted by Gasteiger charge is -2.22. The fourth-order valence-corrected chi connectivity index (χ4v) is 1.93. The first-order valence-electron chi connectivity index (χ1n) is 5.98. The average molecular weight is 248 g/mol. The number of carboxylic acid groups (broad SMARTS) is 1. The van der Waals surface area contributed by atoms with Crippen LogP contribution in [0.3, 0.4) is 0 Å². The second kappa shape index (κ2) is 4.68. The fraction of sp³-hybridized carbons (Fsp3) is 0.385. The van der Waals surface area contributed by atoms with Gasteiger partial charge < -0.3 is 15.7 Å². The summed E-state index contributed by atoms with van der Waals surface area (Å²) in [5.41, 5.74) is 6.89. The molecule has 96 valence electrons. The summed E-state index contributed by atoms with van der Waals surface area (Å²) in [5, 5.41) is 8.87. The Kier molecular flexibility index (Phi) is 3.23. The van der Waals surface area contributed by atoms with Crippen molar-refractivity contribution in [3.05, 3.63) is 23.8 Å². The van der Waals surface area contributed by atoms with Crippen LogP contribution in [-0.2, 0) is 4.79 Å². The van der Waals surface area contributed by atoms with Crippen molar-refractivity contribution >= 4 is 23.3 Å². The molecule has 1 aliphatic carbocycles. The lowest BCUT2D eigenvalue weighted by molar-refractivity contribution is -0.119. The molecule has 1 amide bonds. The predicted molar refractivity (Wildman–Crippen MR) is 68.6 cm³/mol. The predicted octanol–water partition coefficient (Wildman–Crippen LogP) is 1.73. The highest BCUT2D eigenvalue weighted by atomic mass is 16.4. The number of carboxylic acids is 1. The van der Waals surface area contributed by atoms with Crippen LogP contribution in [0.25, 0.3) is 0 Å². The quantitative estimate of drug-likeness (QED) is 0.795. The summed E-state index contributed by atoms with van der Waals surface area (Å²) >= 11 is 0. The molecule has 0 aromatic heterocycles. The molecule has 0 unspecified atom stereocenters. The van der Waals surface area contributed by atoms with Crippen molar-refractivity contribution in [2.24, 2.45) is 5.92 Å². The highest BCUT2D eigenvalue weighted by molar-refractivity contribution is 6.00. The van der Waals surface area contributed by atoms with Crippen LogP contribution in [0.5, 0.6) is 0 Å². The third-order valence-corrected chi connectivity index (χ3v) is 3.07.